The van der Waals surface area contributed by atoms with Gasteiger partial charge < -0.3 is 20.4 Å². The lowest BCUT2D eigenvalue weighted by Crippen LogP contribution is -2.38. The molecule has 170 valence electrons. The van der Waals surface area contributed by atoms with E-state index in [-0.39, 0.29) is 11.9 Å². The number of piperidine rings is 2. The van der Waals surface area contributed by atoms with Crippen LogP contribution in [-0.2, 0) is 0 Å². The van der Waals surface area contributed by atoms with Gasteiger partial charge in [-0.15, -0.1) is 0 Å². The van der Waals surface area contributed by atoms with Crippen LogP contribution < -0.4 is 15.5 Å². The van der Waals surface area contributed by atoms with E-state index in [0.29, 0.717) is 11.3 Å². The number of rotatable bonds is 4. The number of benzene rings is 2. The number of nitrogens with zero attached hydrogens (tertiary/aromatic N) is 2. The highest BCUT2D eigenvalue weighted by Crippen LogP contribution is 2.30. The minimum absolute atomic E-state index is 0.0706. The zero-order valence-corrected chi connectivity index (χ0v) is 19.2. The molecule has 2 aromatic rings. The van der Waals surface area contributed by atoms with Crippen LogP contribution in [0, 0.1) is 12.8 Å². The van der Waals surface area contributed by atoms with E-state index in [1.807, 2.05) is 54.3 Å². The van der Waals surface area contributed by atoms with E-state index in [9.17, 15) is 9.59 Å². The van der Waals surface area contributed by atoms with Crippen LogP contribution in [0.4, 0.5) is 21.9 Å². The Labute approximate surface area is 191 Å². The minimum atomic E-state index is -0.310. The second-order valence-electron chi connectivity index (χ2n) is 9.15. The quantitative estimate of drug-likeness (QED) is 0.668. The summed E-state index contributed by atoms with van der Waals surface area (Å²) in [7, 11) is 0. The van der Waals surface area contributed by atoms with Crippen LogP contribution in [0.2, 0.25) is 0 Å². The molecule has 0 spiro atoms. The predicted octanol–water partition coefficient (Wildman–Crippen LogP) is 5.50. The number of likely N-dealkylation sites (tertiary alicyclic amines) is 1. The fraction of sp³-hybridized carbons (Fsp3) is 0.462. The van der Waals surface area contributed by atoms with Gasteiger partial charge in [-0.25, -0.2) is 4.79 Å². The van der Waals surface area contributed by atoms with Crippen molar-refractivity contribution in [2.24, 2.45) is 5.92 Å². The van der Waals surface area contributed by atoms with Gasteiger partial charge >= 0.3 is 6.03 Å². The third-order valence-electron chi connectivity index (χ3n) is 6.65. The largest absolute Gasteiger partial charge is 0.371 e. The van der Waals surface area contributed by atoms with E-state index in [0.717, 1.165) is 74.7 Å². The van der Waals surface area contributed by atoms with Crippen molar-refractivity contribution in [3.05, 3.63) is 53.6 Å². The maximum atomic E-state index is 13.5. The smallest absolute Gasteiger partial charge is 0.323 e. The predicted molar refractivity (Wildman–Crippen MR) is 131 cm³/mol. The summed E-state index contributed by atoms with van der Waals surface area (Å²) in [6, 6.07) is 13.1. The van der Waals surface area contributed by atoms with Gasteiger partial charge in [0.05, 0.1) is 5.56 Å². The molecule has 4 rings (SSSR count). The molecule has 2 saturated heterocycles. The second kappa shape index (κ2) is 10.1. The Hall–Kier alpha value is -3.02. The number of anilines is 3. The van der Waals surface area contributed by atoms with Gasteiger partial charge in [-0.2, -0.15) is 0 Å². The number of carbonyl (C=O) groups is 2. The summed E-state index contributed by atoms with van der Waals surface area (Å²) >= 11 is 0. The zero-order valence-electron chi connectivity index (χ0n) is 19.2. The van der Waals surface area contributed by atoms with E-state index in [4.69, 9.17) is 0 Å². The van der Waals surface area contributed by atoms with Crippen molar-refractivity contribution in [3.63, 3.8) is 0 Å². The van der Waals surface area contributed by atoms with Crippen LogP contribution in [0.3, 0.4) is 0 Å². The maximum absolute atomic E-state index is 13.5. The molecule has 0 saturated carbocycles. The zero-order chi connectivity index (χ0) is 22.5. The van der Waals surface area contributed by atoms with Gasteiger partial charge in [-0.3, -0.25) is 4.79 Å². The van der Waals surface area contributed by atoms with Gasteiger partial charge in [-0.1, -0.05) is 25.1 Å². The van der Waals surface area contributed by atoms with E-state index < -0.39 is 0 Å². The lowest BCUT2D eigenvalue weighted by Gasteiger charge is -2.35. The van der Waals surface area contributed by atoms with Gasteiger partial charge in [0.15, 0.2) is 0 Å². The van der Waals surface area contributed by atoms with Gasteiger partial charge in [0.1, 0.15) is 0 Å². The average molecular weight is 435 g/mol. The first-order valence-electron chi connectivity index (χ1n) is 11.8. The summed E-state index contributed by atoms with van der Waals surface area (Å²) in [5.74, 6) is 0.792. The summed E-state index contributed by atoms with van der Waals surface area (Å²) in [5, 5.41) is 5.81. The normalized spacial score (nSPS) is 17.2. The SMILES string of the molecule is Cc1ccccc1NC(=O)Nc1ccc(N2CCC(C)CC2)c(C(=O)N2CCCCC2)c1. The third-order valence-corrected chi connectivity index (χ3v) is 6.65. The molecule has 2 heterocycles. The fourth-order valence-electron chi connectivity index (χ4n) is 4.58. The molecule has 0 bridgehead atoms. The van der Waals surface area contributed by atoms with Crippen molar-refractivity contribution in [2.45, 2.75) is 46.0 Å². The first-order valence-corrected chi connectivity index (χ1v) is 11.8. The Balaban J connectivity index is 1.56. The Morgan fingerprint density at radius 1 is 0.906 bits per heavy atom. The van der Waals surface area contributed by atoms with E-state index >= 15 is 0 Å². The molecule has 2 aliphatic heterocycles. The lowest BCUT2D eigenvalue weighted by atomic mass is 9.97. The molecule has 2 N–H and O–H groups in total. The highest BCUT2D eigenvalue weighted by Gasteiger charge is 2.25. The topological polar surface area (TPSA) is 64.7 Å². The monoisotopic (exact) mass is 434 g/mol. The number of carbonyl (C=O) groups excluding carboxylic acids is 2. The number of para-hydroxylation sites is 1. The number of hydrogen-bond donors (Lipinski definition) is 2. The molecular weight excluding hydrogens is 400 g/mol. The van der Waals surface area contributed by atoms with Crippen LogP contribution in [0.25, 0.3) is 0 Å². The Bertz CT molecular complexity index is 960. The van der Waals surface area contributed by atoms with Gasteiger partial charge in [0.2, 0.25) is 0 Å². The molecule has 0 atom stereocenters. The lowest BCUT2D eigenvalue weighted by molar-refractivity contribution is 0.0725. The summed E-state index contributed by atoms with van der Waals surface area (Å²) in [6.07, 6.45) is 5.56. The van der Waals surface area contributed by atoms with Crippen LogP contribution in [0.5, 0.6) is 0 Å². The van der Waals surface area contributed by atoms with Crippen molar-refractivity contribution in [3.8, 4) is 0 Å². The molecule has 0 aromatic heterocycles. The van der Waals surface area contributed by atoms with E-state index in [1.165, 1.54) is 6.42 Å². The molecule has 3 amide bonds. The fourth-order valence-corrected chi connectivity index (χ4v) is 4.58. The molecule has 0 unspecified atom stereocenters. The van der Waals surface area contributed by atoms with Gasteiger partial charge in [-0.05, 0) is 74.8 Å². The molecule has 2 aliphatic rings. The molecule has 0 aliphatic carbocycles. The highest BCUT2D eigenvalue weighted by molar-refractivity contribution is 6.04. The molecular formula is C26H34N4O2. The Kier molecular flexibility index (Phi) is 6.98. The van der Waals surface area contributed by atoms with Gasteiger partial charge in [0.25, 0.3) is 5.91 Å². The maximum Gasteiger partial charge on any atom is 0.323 e. The molecule has 2 aromatic carbocycles. The number of urea groups is 1. The average Bonchev–Trinajstić information content (AvgIpc) is 2.81. The van der Waals surface area contributed by atoms with Crippen molar-refractivity contribution >= 4 is 29.0 Å². The first-order chi connectivity index (χ1) is 15.5. The molecule has 32 heavy (non-hydrogen) atoms. The van der Waals surface area contributed by atoms with Crippen LogP contribution >= 0.6 is 0 Å². The molecule has 6 nitrogen and oxygen atoms in total. The van der Waals surface area contributed by atoms with Crippen molar-refractivity contribution < 1.29 is 9.59 Å². The number of amides is 3. The number of aryl methyl sites for hydroxylation is 1. The van der Waals surface area contributed by atoms with Crippen molar-refractivity contribution in [1.82, 2.24) is 4.90 Å². The summed E-state index contributed by atoms with van der Waals surface area (Å²) < 4.78 is 0. The highest BCUT2D eigenvalue weighted by atomic mass is 16.2. The number of nitrogens with one attached hydrogen (secondary N) is 2. The Morgan fingerprint density at radius 3 is 2.34 bits per heavy atom. The van der Waals surface area contributed by atoms with Crippen LogP contribution in [0.1, 0.15) is 54.9 Å². The minimum Gasteiger partial charge on any atom is -0.371 e. The molecule has 0 radical (unpaired) electrons. The number of hydrogen-bond acceptors (Lipinski definition) is 3. The molecule has 6 heteroatoms. The standard InChI is InChI=1S/C26H34N4O2/c1-19-12-16-29(17-13-19)24-11-10-21(18-22(24)25(31)30-14-6-3-7-15-30)27-26(32)28-23-9-5-4-8-20(23)2/h4-5,8-11,18-19H,3,6-7,12-17H2,1-2H3,(H2,27,28,32). The summed E-state index contributed by atoms with van der Waals surface area (Å²) in [6.45, 7) is 7.78. The van der Waals surface area contributed by atoms with Crippen LogP contribution in [-0.4, -0.2) is 43.0 Å². The third kappa shape index (κ3) is 5.23. The summed E-state index contributed by atoms with van der Waals surface area (Å²) in [5.41, 5.74) is 4.07. The molecule has 2 fully saturated rings. The Morgan fingerprint density at radius 2 is 1.62 bits per heavy atom. The second-order valence-corrected chi connectivity index (χ2v) is 9.15. The first kappa shape index (κ1) is 22.2. The van der Waals surface area contributed by atoms with Gasteiger partial charge in [0, 0.05) is 43.2 Å². The van der Waals surface area contributed by atoms with Crippen molar-refractivity contribution in [2.75, 3.05) is 41.7 Å². The van der Waals surface area contributed by atoms with E-state index in [2.05, 4.69) is 22.5 Å². The summed E-state index contributed by atoms with van der Waals surface area (Å²) in [4.78, 5) is 30.4. The van der Waals surface area contributed by atoms with E-state index in [1.54, 1.807) is 0 Å². The van der Waals surface area contributed by atoms with Crippen molar-refractivity contribution in [1.29, 1.82) is 0 Å². The van der Waals surface area contributed by atoms with Crippen LogP contribution in [0.15, 0.2) is 42.5 Å².